The van der Waals surface area contributed by atoms with Gasteiger partial charge in [-0.15, -0.1) is 0 Å². The van der Waals surface area contributed by atoms with Gasteiger partial charge in [-0.3, -0.25) is 4.90 Å². The molecule has 0 amide bonds. The predicted octanol–water partition coefficient (Wildman–Crippen LogP) is 5.57. The zero-order chi connectivity index (χ0) is 22.5. The van der Waals surface area contributed by atoms with Crippen LogP contribution in [0, 0.1) is 0 Å². The molecule has 3 aliphatic rings. The van der Waals surface area contributed by atoms with Crippen molar-refractivity contribution >= 4 is 45.7 Å². The Morgan fingerprint density at radius 1 is 1.06 bits per heavy atom. The van der Waals surface area contributed by atoms with Gasteiger partial charge in [0.15, 0.2) is 5.15 Å². The van der Waals surface area contributed by atoms with Gasteiger partial charge in [-0.05, 0) is 75.7 Å². The lowest BCUT2D eigenvalue weighted by atomic mass is 9.88. The van der Waals surface area contributed by atoms with Gasteiger partial charge in [0.1, 0.15) is 0 Å². The Bertz CT molecular complexity index is 1170. The quantitative estimate of drug-likeness (QED) is 0.508. The van der Waals surface area contributed by atoms with E-state index >= 15 is 0 Å². The summed E-state index contributed by atoms with van der Waals surface area (Å²) in [6, 6.07) is 5.11. The van der Waals surface area contributed by atoms with E-state index in [1.54, 1.807) is 6.20 Å². The summed E-state index contributed by atoms with van der Waals surface area (Å²) in [5, 5.41) is 9.97. The molecule has 6 rings (SSSR count). The molecule has 3 aromatic rings. The van der Waals surface area contributed by atoms with E-state index in [0.29, 0.717) is 35.2 Å². The maximum absolute atomic E-state index is 6.72. The Labute approximate surface area is 203 Å². The molecular weight excluding hydrogens is 459 g/mol. The van der Waals surface area contributed by atoms with Gasteiger partial charge in [0.2, 0.25) is 5.95 Å². The fourth-order valence-corrected chi connectivity index (χ4v) is 5.91. The normalized spacial score (nSPS) is 24.6. The zero-order valence-electron chi connectivity index (χ0n) is 18.7. The van der Waals surface area contributed by atoms with Crippen molar-refractivity contribution in [2.45, 2.75) is 63.1 Å². The number of hydrogen-bond acceptors (Lipinski definition) is 6. The van der Waals surface area contributed by atoms with E-state index in [-0.39, 0.29) is 0 Å². The highest BCUT2D eigenvalue weighted by atomic mass is 35.5. The van der Waals surface area contributed by atoms with Crippen LogP contribution in [0.1, 0.15) is 56.6 Å². The van der Waals surface area contributed by atoms with Crippen LogP contribution in [0.2, 0.25) is 10.2 Å². The molecule has 33 heavy (non-hydrogen) atoms. The van der Waals surface area contributed by atoms with Crippen LogP contribution in [0.25, 0.3) is 10.9 Å². The van der Waals surface area contributed by atoms with Crippen LogP contribution >= 0.6 is 23.2 Å². The molecule has 4 heterocycles. The monoisotopic (exact) mass is 486 g/mol. The maximum Gasteiger partial charge on any atom is 0.227 e. The summed E-state index contributed by atoms with van der Waals surface area (Å²) < 4.78 is 7.65. The molecule has 2 saturated heterocycles. The highest BCUT2D eigenvalue weighted by Gasteiger charge is 2.33. The van der Waals surface area contributed by atoms with Crippen LogP contribution in [-0.4, -0.2) is 56.5 Å². The molecule has 0 unspecified atom stereocenters. The first-order valence-corrected chi connectivity index (χ1v) is 12.6. The van der Waals surface area contributed by atoms with Gasteiger partial charge in [0, 0.05) is 29.3 Å². The van der Waals surface area contributed by atoms with E-state index in [2.05, 4.69) is 33.3 Å². The first-order chi connectivity index (χ1) is 16.1. The number of likely N-dealkylation sites (tertiary alicyclic amines) is 1. The van der Waals surface area contributed by atoms with Crippen molar-refractivity contribution in [3.05, 3.63) is 40.3 Å². The first-order valence-electron chi connectivity index (χ1n) is 11.9. The summed E-state index contributed by atoms with van der Waals surface area (Å²) in [4.78, 5) is 11.8. The minimum Gasteiger partial charge on any atom is -0.377 e. The van der Waals surface area contributed by atoms with Crippen LogP contribution < -0.4 is 5.32 Å². The molecule has 1 aromatic carbocycles. The van der Waals surface area contributed by atoms with Crippen LogP contribution in [0.5, 0.6) is 0 Å². The summed E-state index contributed by atoms with van der Waals surface area (Å²) >= 11 is 13.2. The van der Waals surface area contributed by atoms with Gasteiger partial charge in [0.25, 0.3) is 0 Å². The second kappa shape index (κ2) is 8.69. The van der Waals surface area contributed by atoms with Crippen molar-refractivity contribution in [1.29, 1.82) is 0 Å². The molecule has 3 fully saturated rings. The molecule has 2 aliphatic heterocycles. The second-order valence-corrected chi connectivity index (χ2v) is 10.3. The second-order valence-electron chi connectivity index (χ2n) is 9.52. The number of hydrogen-bond donors (Lipinski definition) is 1. The van der Waals surface area contributed by atoms with Crippen molar-refractivity contribution < 1.29 is 4.74 Å². The van der Waals surface area contributed by atoms with Gasteiger partial charge < -0.3 is 10.1 Å². The minimum atomic E-state index is 0.332. The summed E-state index contributed by atoms with van der Waals surface area (Å²) in [5.41, 5.74) is 2.80. The summed E-state index contributed by atoms with van der Waals surface area (Å²) in [5.74, 6) is 0.950. The molecular formula is C24H28Cl2N6O. The molecule has 7 nitrogen and oxygen atoms in total. The number of nitrogens with zero attached hydrogens (tertiary/aromatic N) is 5. The number of benzene rings is 1. The summed E-state index contributed by atoms with van der Waals surface area (Å²) in [6.45, 7) is 5.24. The molecule has 174 valence electrons. The maximum atomic E-state index is 6.72. The fourth-order valence-electron chi connectivity index (χ4n) is 5.31. The molecule has 1 N–H and O–H groups in total. The van der Waals surface area contributed by atoms with E-state index in [1.165, 1.54) is 5.56 Å². The van der Waals surface area contributed by atoms with E-state index in [0.717, 1.165) is 73.4 Å². The van der Waals surface area contributed by atoms with E-state index in [9.17, 15) is 0 Å². The summed E-state index contributed by atoms with van der Waals surface area (Å²) in [6.07, 6.45) is 9.47. The molecule has 1 aliphatic carbocycles. The third-order valence-corrected chi connectivity index (χ3v) is 8.05. The lowest BCUT2D eigenvalue weighted by molar-refractivity contribution is 0.0628. The number of halogens is 2. The lowest BCUT2D eigenvalue weighted by Crippen LogP contribution is -2.44. The lowest BCUT2D eigenvalue weighted by Gasteiger charge is -2.37. The van der Waals surface area contributed by atoms with Gasteiger partial charge in [-0.2, -0.15) is 5.10 Å². The van der Waals surface area contributed by atoms with Crippen LogP contribution in [0.3, 0.4) is 0 Å². The first kappa shape index (κ1) is 21.6. The van der Waals surface area contributed by atoms with E-state index in [1.807, 2.05) is 16.9 Å². The van der Waals surface area contributed by atoms with Crippen LogP contribution in [0.4, 0.5) is 11.6 Å². The van der Waals surface area contributed by atoms with Crippen molar-refractivity contribution in [2.75, 3.05) is 25.0 Å². The highest BCUT2D eigenvalue weighted by Crippen LogP contribution is 2.39. The largest absolute Gasteiger partial charge is 0.377 e. The number of anilines is 2. The van der Waals surface area contributed by atoms with Crippen molar-refractivity contribution in [2.24, 2.45) is 0 Å². The molecule has 1 saturated carbocycles. The van der Waals surface area contributed by atoms with E-state index < -0.39 is 0 Å². The van der Waals surface area contributed by atoms with Crippen molar-refractivity contribution in [1.82, 2.24) is 24.6 Å². The Morgan fingerprint density at radius 2 is 1.88 bits per heavy atom. The van der Waals surface area contributed by atoms with Crippen LogP contribution in [0.15, 0.2) is 24.5 Å². The van der Waals surface area contributed by atoms with Gasteiger partial charge in [-0.1, -0.05) is 23.2 Å². The van der Waals surface area contributed by atoms with Gasteiger partial charge in [0.05, 0.1) is 29.5 Å². The van der Waals surface area contributed by atoms with Crippen molar-refractivity contribution in [3.8, 4) is 0 Å². The third kappa shape index (κ3) is 4.20. The number of rotatable bonds is 5. The third-order valence-electron chi connectivity index (χ3n) is 7.35. The van der Waals surface area contributed by atoms with E-state index in [4.69, 9.17) is 32.9 Å². The molecule has 2 atom stereocenters. The highest BCUT2D eigenvalue weighted by molar-refractivity contribution is 6.32. The van der Waals surface area contributed by atoms with Crippen molar-refractivity contribution in [3.63, 3.8) is 0 Å². The molecule has 0 spiro atoms. The molecule has 2 aromatic heterocycles. The SMILES string of the molecule is C[C@@H]1OCC[C@@H]1N1CCC(c2cc3nc(Nc4cnn(C5CC5)c4Cl)ncc3cc2Cl)CC1. The van der Waals surface area contributed by atoms with Gasteiger partial charge >= 0.3 is 0 Å². The van der Waals surface area contributed by atoms with Crippen LogP contribution in [-0.2, 0) is 4.74 Å². The topological polar surface area (TPSA) is 68.1 Å². The van der Waals surface area contributed by atoms with Gasteiger partial charge in [-0.25, -0.2) is 14.6 Å². The smallest absolute Gasteiger partial charge is 0.227 e. The fraction of sp³-hybridized carbons (Fsp3) is 0.542. The average Bonchev–Trinajstić information content (AvgIpc) is 3.47. The number of ether oxygens (including phenoxy) is 1. The minimum absolute atomic E-state index is 0.332. The standard InChI is InChI=1S/C24H28Cl2N6O/c1-14-22(6-9-33-14)31-7-4-15(5-8-31)18-11-20-16(10-19(18)25)12-27-24(29-20)30-21-13-28-32(23(21)26)17-2-3-17/h10-15,17,22H,2-9H2,1H3,(H,27,29,30)/t14-,22-/m0/s1. The number of aromatic nitrogens is 4. The molecule has 9 heteroatoms. The Morgan fingerprint density at radius 3 is 2.61 bits per heavy atom. The number of nitrogens with one attached hydrogen (secondary N) is 1. The average molecular weight is 487 g/mol. The Kier molecular flexibility index (Phi) is 5.69. The Hall–Kier alpha value is -1.93. The predicted molar refractivity (Wildman–Crippen MR) is 131 cm³/mol. The molecule has 0 radical (unpaired) electrons. The summed E-state index contributed by atoms with van der Waals surface area (Å²) in [7, 11) is 0. The Balaban J connectivity index is 1.20. The zero-order valence-corrected chi connectivity index (χ0v) is 20.2. The number of piperidine rings is 1. The number of fused-ring (bicyclic) bond motifs is 1. The molecule has 0 bridgehead atoms.